The lowest BCUT2D eigenvalue weighted by molar-refractivity contribution is -0.128. The number of nitrogens with one attached hydrogen (secondary N) is 7. The smallest absolute Gasteiger partial charge is 0.408 e. The number of rotatable bonds is 17. The number of carbonyl (C=O) groups is 8. The lowest BCUT2D eigenvalue weighted by Gasteiger charge is -2.19. The van der Waals surface area contributed by atoms with E-state index < -0.39 is 91.0 Å². The Morgan fingerprint density at radius 3 is 1.77 bits per heavy atom. The molecule has 0 fully saturated rings. The number of benzene rings is 1. The molecule has 284 valence electrons. The standard InChI is InChI=1S/C33H44FN7O10S/c1-7-21(19-8-10-20(34)11-9-19)28(46)41-30-26(31(48)50-6)18(2)27(52-30)29(47)36-13-12-35-22(42)14-37-23(43)15-38-24(44)16-39-25(45)17-40-32(49)51-33(3,4)5/h8-11,21H,7,12-17H2,1-6H3,(H,35,42)(H,36,47)(H,37,43)(H,38,44)(H,39,45)(H,40,49)(H,41,46). The normalized spacial score (nSPS) is 11.3. The molecule has 17 nitrogen and oxygen atoms in total. The number of halogens is 1. The van der Waals surface area contributed by atoms with E-state index in [-0.39, 0.29) is 34.1 Å². The molecular formula is C33H44FN7O10S. The molecule has 1 heterocycles. The number of amides is 7. The molecule has 7 N–H and O–H groups in total. The molecule has 1 aromatic heterocycles. The summed E-state index contributed by atoms with van der Waals surface area (Å²) >= 11 is 0.873. The van der Waals surface area contributed by atoms with Crippen molar-refractivity contribution in [1.82, 2.24) is 31.9 Å². The first-order valence-electron chi connectivity index (χ1n) is 16.1. The Balaban J connectivity index is 1.77. The summed E-state index contributed by atoms with van der Waals surface area (Å²) in [6, 6.07) is 5.49. The molecule has 0 aliphatic carbocycles. The van der Waals surface area contributed by atoms with Crippen LogP contribution in [-0.2, 0) is 33.4 Å². The highest BCUT2D eigenvalue weighted by Gasteiger charge is 2.28. The summed E-state index contributed by atoms with van der Waals surface area (Å²) in [5.41, 5.74) is 0.118. The van der Waals surface area contributed by atoms with Gasteiger partial charge in [0.15, 0.2) is 0 Å². The second-order valence-corrected chi connectivity index (χ2v) is 13.1. The lowest BCUT2D eigenvalue weighted by Crippen LogP contribution is -2.46. The number of hydrogen-bond donors (Lipinski definition) is 7. The molecule has 0 saturated heterocycles. The molecule has 1 aromatic carbocycles. The number of anilines is 1. The predicted octanol–water partition coefficient (Wildman–Crippen LogP) is 0.834. The van der Waals surface area contributed by atoms with E-state index in [1.165, 1.54) is 38.3 Å². The Labute approximate surface area is 303 Å². The molecule has 7 amide bonds. The average molecular weight is 750 g/mol. The molecular weight excluding hydrogens is 705 g/mol. The number of hydrogen-bond acceptors (Lipinski definition) is 11. The number of ether oxygens (including phenoxy) is 2. The third-order valence-electron chi connectivity index (χ3n) is 6.84. The van der Waals surface area contributed by atoms with Crippen LogP contribution >= 0.6 is 11.3 Å². The molecule has 19 heteroatoms. The van der Waals surface area contributed by atoms with Gasteiger partial charge in [-0.15, -0.1) is 11.3 Å². The van der Waals surface area contributed by atoms with Gasteiger partial charge in [0, 0.05) is 13.1 Å². The predicted molar refractivity (Wildman–Crippen MR) is 187 cm³/mol. The number of alkyl carbamates (subject to hydrolysis) is 1. The number of carbonyl (C=O) groups excluding carboxylic acids is 8. The summed E-state index contributed by atoms with van der Waals surface area (Å²) in [6.07, 6.45) is -0.417. The Hall–Kier alpha value is -5.59. The summed E-state index contributed by atoms with van der Waals surface area (Å²) in [7, 11) is 1.17. The molecule has 0 saturated carbocycles. The highest BCUT2D eigenvalue weighted by molar-refractivity contribution is 7.18. The first kappa shape index (κ1) is 42.6. The zero-order valence-corrected chi connectivity index (χ0v) is 30.5. The van der Waals surface area contributed by atoms with E-state index in [0.717, 1.165) is 11.3 Å². The molecule has 0 radical (unpaired) electrons. The maximum atomic E-state index is 13.4. The maximum Gasteiger partial charge on any atom is 0.408 e. The van der Waals surface area contributed by atoms with Crippen LogP contribution in [0, 0.1) is 12.7 Å². The van der Waals surface area contributed by atoms with Crippen LogP contribution in [0.15, 0.2) is 24.3 Å². The largest absolute Gasteiger partial charge is 0.465 e. The fourth-order valence-corrected chi connectivity index (χ4v) is 5.46. The van der Waals surface area contributed by atoms with Gasteiger partial charge in [-0.25, -0.2) is 14.0 Å². The van der Waals surface area contributed by atoms with Crippen LogP contribution in [0.4, 0.5) is 14.2 Å². The molecule has 0 bridgehead atoms. The van der Waals surface area contributed by atoms with E-state index in [0.29, 0.717) is 12.0 Å². The van der Waals surface area contributed by atoms with Gasteiger partial charge in [-0.1, -0.05) is 19.1 Å². The van der Waals surface area contributed by atoms with Crippen molar-refractivity contribution in [3.05, 3.63) is 51.7 Å². The van der Waals surface area contributed by atoms with Gasteiger partial charge in [0.2, 0.25) is 29.5 Å². The van der Waals surface area contributed by atoms with Crippen LogP contribution < -0.4 is 37.2 Å². The number of methoxy groups -OCH3 is 1. The molecule has 52 heavy (non-hydrogen) atoms. The SMILES string of the molecule is CCC(C(=O)Nc1sc(C(=O)NCCNC(=O)CNC(=O)CNC(=O)CNC(=O)CNC(=O)OC(C)(C)C)c(C)c1C(=O)OC)c1ccc(F)cc1. The second-order valence-electron chi connectivity index (χ2n) is 12.0. The Bertz CT molecular complexity index is 1640. The molecule has 0 spiro atoms. The molecule has 1 unspecified atom stereocenters. The van der Waals surface area contributed by atoms with Gasteiger partial charge < -0.3 is 46.7 Å². The summed E-state index contributed by atoms with van der Waals surface area (Å²) in [5.74, 6) is -5.52. The minimum absolute atomic E-state index is 0.0116. The van der Waals surface area contributed by atoms with Gasteiger partial charge in [-0.2, -0.15) is 0 Å². The molecule has 0 aliphatic rings. The van der Waals surface area contributed by atoms with Crippen molar-refractivity contribution in [3.63, 3.8) is 0 Å². The van der Waals surface area contributed by atoms with Crippen LogP contribution in [-0.4, -0.2) is 99.5 Å². The van der Waals surface area contributed by atoms with Crippen molar-refractivity contribution in [2.45, 2.75) is 52.6 Å². The topological polar surface area (TPSA) is 239 Å². The van der Waals surface area contributed by atoms with Crippen LogP contribution in [0.3, 0.4) is 0 Å². The first-order chi connectivity index (χ1) is 24.4. The summed E-state index contributed by atoms with van der Waals surface area (Å²) < 4.78 is 23.3. The summed E-state index contributed by atoms with van der Waals surface area (Å²) in [4.78, 5) is 98.3. The molecule has 1 atom stereocenters. The van der Waals surface area contributed by atoms with Gasteiger partial charge in [-0.05, 0) is 57.4 Å². The Kier molecular flexibility index (Phi) is 16.6. The minimum atomic E-state index is -0.800. The zero-order valence-electron chi connectivity index (χ0n) is 29.7. The molecule has 2 aromatic rings. The van der Waals surface area contributed by atoms with Crippen molar-refractivity contribution in [2.24, 2.45) is 0 Å². The molecule has 0 aliphatic heterocycles. The lowest BCUT2D eigenvalue weighted by atomic mass is 9.95. The maximum absolute atomic E-state index is 13.4. The third kappa shape index (κ3) is 14.3. The van der Waals surface area contributed by atoms with Crippen LogP contribution in [0.2, 0.25) is 0 Å². The zero-order chi connectivity index (χ0) is 39.0. The number of esters is 1. The van der Waals surface area contributed by atoms with E-state index in [4.69, 9.17) is 9.47 Å². The fourth-order valence-electron chi connectivity index (χ4n) is 4.34. The van der Waals surface area contributed by atoms with E-state index in [1.54, 1.807) is 27.7 Å². The summed E-state index contributed by atoms with van der Waals surface area (Å²) in [5, 5.41) is 17.0. The average Bonchev–Trinajstić information content (AvgIpc) is 3.41. The van der Waals surface area contributed by atoms with Gasteiger partial charge in [0.1, 0.15) is 23.0 Å². The summed E-state index contributed by atoms with van der Waals surface area (Å²) in [6.45, 7) is 6.45. The second kappa shape index (κ2) is 20.3. The van der Waals surface area contributed by atoms with Gasteiger partial charge in [0.25, 0.3) is 5.91 Å². The van der Waals surface area contributed by atoms with Crippen LogP contribution in [0.1, 0.15) is 71.2 Å². The van der Waals surface area contributed by atoms with Crippen molar-refractivity contribution in [2.75, 3.05) is 51.7 Å². The third-order valence-corrected chi connectivity index (χ3v) is 8.05. The van der Waals surface area contributed by atoms with Gasteiger partial charge in [0.05, 0.1) is 43.1 Å². The van der Waals surface area contributed by atoms with Crippen molar-refractivity contribution in [3.8, 4) is 0 Å². The fraction of sp³-hybridized carbons (Fsp3) is 0.455. The van der Waals surface area contributed by atoms with E-state index in [9.17, 15) is 42.7 Å². The van der Waals surface area contributed by atoms with E-state index >= 15 is 0 Å². The highest BCUT2D eigenvalue weighted by Crippen LogP contribution is 2.35. The first-order valence-corrected chi connectivity index (χ1v) is 16.9. The van der Waals surface area contributed by atoms with Crippen molar-refractivity contribution < 1.29 is 52.2 Å². The van der Waals surface area contributed by atoms with E-state index in [2.05, 4.69) is 37.2 Å². The Morgan fingerprint density at radius 1 is 0.769 bits per heavy atom. The monoisotopic (exact) mass is 749 g/mol. The van der Waals surface area contributed by atoms with Crippen LogP contribution in [0.5, 0.6) is 0 Å². The molecule has 2 rings (SSSR count). The van der Waals surface area contributed by atoms with E-state index in [1.807, 2.05) is 0 Å². The van der Waals surface area contributed by atoms with Crippen molar-refractivity contribution >= 4 is 63.8 Å². The minimum Gasteiger partial charge on any atom is -0.465 e. The van der Waals surface area contributed by atoms with Gasteiger partial charge >= 0.3 is 12.1 Å². The number of thiophene rings is 1. The van der Waals surface area contributed by atoms with Crippen molar-refractivity contribution in [1.29, 1.82) is 0 Å². The quantitative estimate of drug-likeness (QED) is 0.0888. The van der Waals surface area contributed by atoms with Crippen LogP contribution in [0.25, 0.3) is 0 Å². The Morgan fingerprint density at radius 2 is 1.27 bits per heavy atom. The highest BCUT2D eigenvalue weighted by atomic mass is 32.1. The van der Waals surface area contributed by atoms with Gasteiger partial charge in [-0.3, -0.25) is 28.8 Å².